The van der Waals surface area contributed by atoms with Crippen LogP contribution in [0.15, 0.2) is 36.4 Å². The average Bonchev–Trinajstić information content (AvgIpc) is 2.27. The maximum Gasteiger partial charge on any atom is 0.150 e. The minimum atomic E-state index is 0.500. The van der Waals surface area contributed by atoms with E-state index in [0.717, 1.165) is 28.2 Å². The van der Waals surface area contributed by atoms with Gasteiger partial charge in [-0.3, -0.25) is 4.79 Å². The molecule has 0 unspecified atom stereocenters. The van der Waals surface area contributed by atoms with E-state index in [1.54, 1.807) is 0 Å². The first kappa shape index (κ1) is 9.01. The van der Waals surface area contributed by atoms with Crippen LogP contribution in [0.1, 0.15) is 15.9 Å². The largest absolute Gasteiger partial charge is 0.298 e. The van der Waals surface area contributed by atoms with E-state index in [4.69, 9.17) is 7.85 Å². The molecule has 0 fully saturated rings. The van der Waals surface area contributed by atoms with Gasteiger partial charge in [-0.1, -0.05) is 42.7 Å². The maximum absolute atomic E-state index is 10.8. The van der Waals surface area contributed by atoms with Crippen LogP contribution in [0, 0.1) is 0 Å². The Morgan fingerprint density at radius 2 is 1.79 bits per heavy atom. The molecule has 0 atom stereocenters. The van der Waals surface area contributed by atoms with Crippen molar-refractivity contribution >= 4 is 24.9 Å². The lowest BCUT2D eigenvalue weighted by molar-refractivity contribution is 0.112. The fourth-order valence-electron chi connectivity index (χ4n) is 1.67. The molecule has 0 aliphatic heterocycles. The number of carbonyl (C=O) groups excluding carboxylic acids is 1. The number of benzene rings is 2. The lowest BCUT2D eigenvalue weighted by Gasteiger charge is -2.05. The number of hydrogen-bond acceptors (Lipinski definition) is 1. The van der Waals surface area contributed by atoms with Crippen molar-refractivity contribution in [1.29, 1.82) is 0 Å². The summed E-state index contributed by atoms with van der Waals surface area (Å²) in [6.45, 7) is 0. The molecule has 0 spiro atoms. The van der Waals surface area contributed by atoms with Gasteiger partial charge in [-0.2, -0.15) is 0 Å². The third-order valence-electron chi connectivity index (χ3n) is 2.39. The van der Waals surface area contributed by atoms with E-state index in [2.05, 4.69) is 0 Å². The van der Waals surface area contributed by atoms with Crippen molar-refractivity contribution in [2.24, 2.45) is 0 Å². The van der Waals surface area contributed by atoms with E-state index in [9.17, 15) is 4.79 Å². The van der Waals surface area contributed by atoms with E-state index in [1.165, 1.54) is 0 Å². The highest BCUT2D eigenvalue weighted by Crippen LogP contribution is 2.21. The van der Waals surface area contributed by atoms with E-state index in [-0.39, 0.29) is 0 Å². The molecule has 0 aromatic heterocycles. The third-order valence-corrected chi connectivity index (χ3v) is 2.39. The Morgan fingerprint density at radius 1 is 1.07 bits per heavy atom. The van der Waals surface area contributed by atoms with Crippen molar-refractivity contribution in [3.63, 3.8) is 0 Å². The molecule has 0 aliphatic rings. The van der Waals surface area contributed by atoms with Gasteiger partial charge in [0.2, 0.25) is 0 Å². The summed E-state index contributed by atoms with van der Waals surface area (Å²) < 4.78 is 0. The first-order valence-corrected chi connectivity index (χ1v) is 4.52. The Labute approximate surface area is 84.2 Å². The standard InChI is InChI=1S/C12H9BO/c13-7-9-5-6-10(8-14)12-4-2-1-3-11(9)12/h1-6,8H,7H2. The van der Waals surface area contributed by atoms with Crippen molar-refractivity contribution in [2.75, 3.05) is 0 Å². The van der Waals surface area contributed by atoms with Gasteiger partial charge >= 0.3 is 0 Å². The molecule has 2 rings (SSSR count). The van der Waals surface area contributed by atoms with Gasteiger partial charge in [0.25, 0.3) is 0 Å². The van der Waals surface area contributed by atoms with Crippen LogP contribution in [0.5, 0.6) is 0 Å². The molecule has 1 nitrogen and oxygen atoms in total. The highest BCUT2D eigenvalue weighted by Gasteiger charge is 2.02. The highest BCUT2D eigenvalue weighted by atomic mass is 16.1. The van der Waals surface area contributed by atoms with Crippen molar-refractivity contribution < 1.29 is 4.79 Å². The van der Waals surface area contributed by atoms with E-state index in [0.29, 0.717) is 6.32 Å². The summed E-state index contributed by atoms with van der Waals surface area (Å²) in [4.78, 5) is 10.8. The first-order chi connectivity index (χ1) is 6.86. The highest BCUT2D eigenvalue weighted by molar-refractivity contribution is 6.10. The number of hydrogen-bond donors (Lipinski definition) is 0. The number of carbonyl (C=O) groups is 1. The summed E-state index contributed by atoms with van der Waals surface area (Å²) in [7, 11) is 5.62. The molecule has 0 heterocycles. The second-order valence-electron chi connectivity index (χ2n) is 3.18. The molecule has 2 aromatic carbocycles. The summed E-state index contributed by atoms with van der Waals surface area (Å²) in [6.07, 6.45) is 1.38. The molecule has 0 N–H and O–H groups in total. The molecule has 2 aromatic rings. The molecule has 0 amide bonds. The molecule has 14 heavy (non-hydrogen) atoms. The van der Waals surface area contributed by atoms with E-state index in [1.807, 2.05) is 36.4 Å². The zero-order valence-electron chi connectivity index (χ0n) is 7.73. The lowest BCUT2D eigenvalue weighted by Crippen LogP contribution is -1.90. The molecule has 66 valence electrons. The summed E-state index contributed by atoms with van der Waals surface area (Å²) in [5.41, 5.74) is 1.80. The van der Waals surface area contributed by atoms with E-state index >= 15 is 0 Å². The van der Waals surface area contributed by atoms with Crippen LogP contribution in [0.2, 0.25) is 0 Å². The lowest BCUT2D eigenvalue weighted by atomic mass is 9.91. The zero-order chi connectivity index (χ0) is 9.97. The summed E-state index contributed by atoms with van der Waals surface area (Å²) in [5, 5.41) is 2.05. The monoisotopic (exact) mass is 180 g/mol. The van der Waals surface area contributed by atoms with Crippen molar-refractivity contribution in [1.82, 2.24) is 0 Å². The molecule has 2 radical (unpaired) electrons. The van der Waals surface area contributed by atoms with Crippen LogP contribution in [0.4, 0.5) is 0 Å². The molecular weight excluding hydrogens is 171 g/mol. The predicted octanol–water partition coefficient (Wildman–Crippen LogP) is 2.32. The fraction of sp³-hybridized carbons (Fsp3) is 0.0833. The number of aldehydes is 1. The quantitative estimate of drug-likeness (QED) is 0.511. The van der Waals surface area contributed by atoms with Crippen molar-refractivity contribution in [3.05, 3.63) is 47.5 Å². The maximum atomic E-state index is 10.8. The minimum absolute atomic E-state index is 0.500. The molecule has 2 heteroatoms. The van der Waals surface area contributed by atoms with Gasteiger partial charge < -0.3 is 0 Å². The molecular formula is C12H9BO. The summed E-state index contributed by atoms with van der Waals surface area (Å²) >= 11 is 0. The van der Waals surface area contributed by atoms with Crippen LogP contribution in [0.25, 0.3) is 10.8 Å². The van der Waals surface area contributed by atoms with Gasteiger partial charge in [0.05, 0.1) is 7.85 Å². The van der Waals surface area contributed by atoms with Gasteiger partial charge in [0, 0.05) is 5.56 Å². The molecule has 0 bridgehead atoms. The smallest absolute Gasteiger partial charge is 0.150 e. The van der Waals surface area contributed by atoms with Gasteiger partial charge in [-0.25, -0.2) is 0 Å². The molecule has 0 aliphatic carbocycles. The minimum Gasteiger partial charge on any atom is -0.298 e. The van der Waals surface area contributed by atoms with Crippen LogP contribution < -0.4 is 0 Å². The SMILES string of the molecule is [B]Cc1ccc(C=O)c2ccccc12. The van der Waals surface area contributed by atoms with Gasteiger partial charge in [-0.05, 0) is 16.3 Å². The molecule has 0 saturated heterocycles. The van der Waals surface area contributed by atoms with Crippen LogP contribution >= 0.6 is 0 Å². The van der Waals surface area contributed by atoms with Gasteiger partial charge in [0.15, 0.2) is 6.29 Å². The summed E-state index contributed by atoms with van der Waals surface area (Å²) in [5.74, 6) is 0. The van der Waals surface area contributed by atoms with Crippen LogP contribution in [0.3, 0.4) is 0 Å². The Bertz CT molecular complexity index is 477. The van der Waals surface area contributed by atoms with Crippen LogP contribution in [-0.2, 0) is 6.32 Å². The topological polar surface area (TPSA) is 17.1 Å². The number of rotatable bonds is 2. The molecule has 0 saturated carbocycles. The Kier molecular flexibility index (Phi) is 2.36. The zero-order valence-corrected chi connectivity index (χ0v) is 7.73. The Balaban J connectivity index is 2.84. The average molecular weight is 180 g/mol. The van der Waals surface area contributed by atoms with Gasteiger partial charge in [-0.15, -0.1) is 0 Å². The summed E-state index contributed by atoms with van der Waals surface area (Å²) in [6, 6.07) is 11.5. The van der Waals surface area contributed by atoms with Crippen molar-refractivity contribution in [3.8, 4) is 0 Å². The second kappa shape index (κ2) is 3.66. The van der Waals surface area contributed by atoms with Gasteiger partial charge in [0.1, 0.15) is 0 Å². The van der Waals surface area contributed by atoms with Crippen molar-refractivity contribution in [2.45, 2.75) is 6.32 Å². The number of fused-ring (bicyclic) bond motifs is 1. The first-order valence-electron chi connectivity index (χ1n) is 4.52. The Morgan fingerprint density at radius 3 is 2.43 bits per heavy atom. The second-order valence-corrected chi connectivity index (χ2v) is 3.18. The van der Waals surface area contributed by atoms with E-state index < -0.39 is 0 Å². The fourth-order valence-corrected chi connectivity index (χ4v) is 1.67. The third kappa shape index (κ3) is 1.33. The Hall–Kier alpha value is -1.57. The van der Waals surface area contributed by atoms with Crippen LogP contribution in [-0.4, -0.2) is 14.1 Å². The normalized spacial score (nSPS) is 10.3. The predicted molar refractivity (Wildman–Crippen MR) is 58.8 cm³/mol.